The second kappa shape index (κ2) is 8.59. The number of alkyl halides is 3. The molecule has 1 unspecified atom stereocenters. The highest BCUT2D eigenvalue weighted by Gasteiger charge is 2.57. The lowest BCUT2D eigenvalue weighted by Crippen LogP contribution is -2.47. The molecule has 3 nitrogen and oxygen atoms in total. The van der Waals surface area contributed by atoms with Crippen LogP contribution in [-0.4, -0.2) is 23.7 Å². The predicted octanol–water partition coefficient (Wildman–Crippen LogP) is 7.09. The number of hydrogen-bond donors (Lipinski definition) is 1. The van der Waals surface area contributed by atoms with E-state index in [1.165, 1.54) is 12.1 Å². The lowest BCUT2D eigenvalue weighted by Gasteiger charge is -2.48. The fourth-order valence-electron chi connectivity index (χ4n) is 7.38. The number of aliphatic hydroxyl groups is 1. The van der Waals surface area contributed by atoms with E-state index in [9.17, 15) is 23.1 Å². The van der Waals surface area contributed by atoms with Gasteiger partial charge in [-0.15, -0.1) is 0 Å². The smallest absolute Gasteiger partial charge is 0.424 e. The predicted molar refractivity (Wildman–Crippen MR) is 135 cm³/mol. The van der Waals surface area contributed by atoms with Crippen LogP contribution in [0.3, 0.4) is 0 Å². The molecule has 0 heterocycles. The van der Waals surface area contributed by atoms with E-state index in [2.05, 4.69) is 6.92 Å². The zero-order valence-corrected chi connectivity index (χ0v) is 20.9. The van der Waals surface area contributed by atoms with Gasteiger partial charge < -0.3 is 9.84 Å². The van der Waals surface area contributed by atoms with Crippen molar-refractivity contribution in [2.24, 2.45) is 17.3 Å². The molecule has 3 aromatic carbocycles. The monoisotopic (exact) mass is 508 g/mol. The second-order valence-electron chi connectivity index (χ2n) is 11.4. The number of rotatable bonds is 4. The molecule has 0 amide bonds. The molecule has 0 spiro atoms. The Bertz CT molecular complexity index is 1370. The van der Waals surface area contributed by atoms with Gasteiger partial charge in [0.2, 0.25) is 5.60 Å². The summed E-state index contributed by atoms with van der Waals surface area (Å²) < 4.78 is 48.5. The highest BCUT2D eigenvalue weighted by molar-refractivity contribution is 5.87. The van der Waals surface area contributed by atoms with Crippen LogP contribution in [0.5, 0.6) is 5.75 Å². The van der Waals surface area contributed by atoms with Crippen LogP contribution in [0.4, 0.5) is 13.2 Å². The summed E-state index contributed by atoms with van der Waals surface area (Å²) in [4.78, 5) is 12.6. The summed E-state index contributed by atoms with van der Waals surface area (Å²) in [5.74, 6) is 1.65. The first kappa shape index (κ1) is 24.5. The van der Waals surface area contributed by atoms with Crippen LogP contribution >= 0.6 is 0 Å². The van der Waals surface area contributed by atoms with Gasteiger partial charge in [0.25, 0.3) is 0 Å². The number of ether oxygens (including phenoxy) is 1. The number of carbonyl (C=O) groups is 1. The fraction of sp³-hybridized carbons (Fsp3) is 0.452. The van der Waals surface area contributed by atoms with Gasteiger partial charge >= 0.3 is 6.18 Å². The first-order chi connectivity index (χ1) is 17.6. The van der Waals surface area contributed by atoms with Crippen molar-refractivity contribution in [1.29, 1.82) is 0 Å². The molecule has 6 rings (SSSR count). The van der Waals surface area contributed by atoms with E-state index in [-0.39, 0.29) is 22.6 Å². The number of aryl methyl sites for hydroxylation is 1. The highest BCUT2D eigenvalue weighted by atomic mass is 19.4. The van der Waals surface area contributed by atoms with E-state index in [1.54, 1.807) is 24.3 Å². The fourth-order valence-corrected chi connectivity index (χ4v) is 7.38. The lowest BCUT2D eigenvalue weighted by atomic mass is 9.55. The molecule has 5 atom stereocenters. The summed E-state index contributed by atoms with van der Waals surface area (Å²) in [6.45, 7) is 1.18. The van der Waals surface area contributed by atoms with Crippen molar-refractivity contribution >= 4 is 16.6 Å². The molecule has 0 bridgehead atoms. The Labute approximate surface area is 214 Å². The van der Waals surface area contributed by atoms with Crippen LogP contribution in [-0.2, 0) is 16.8 Å². The van der Waals surface area contributed by atoms with Gasteiger partial charge in [-0.1, -0.05) is 55.5 Å². The van der Waals surface area contributed by atoms with Gasteiger partial charge in [0.15, 0.2) is 0 Å². The third-order valence-electron chi connectivity index (χ3n) is 9.55. The zero-order chi connectivity index (χ0) is 26.0. The van der Waals surface area contributed by atoms with Gasteiger partial charge in [0.05, 0.1) is 0 Å². The molecule has 0 radical (unpaired) electrons. The molecule has 37 heavy (non-hydrogen) atoms. The number of Topliss-reactive ketones (excluding diaryl/α,β-unsaturated/α-hetero) is 1. The van der Waals surface area contributed by atoms with Gasteiger partial charge in [-0.25, -0.2) is 0 Å². The maximum absolute atomic E-state index is 14.3. The molecular formula is C31H31F3O3. The van der Waals surface area contributed by atoms with Crippen molar-refractivity contribution in [3.63, 3.8) is 0 Å². The number of ketones is 1. The van der Waals surface area contributed by atoms with Gasteiger partial charge in [-0.3, -0.25) is 4.79 Å². The van der Waals surface area contributed by atoms with Gasteiger partial charge in [-0.2, -0.15) is 13.2 Å². The summed E-state index contributed by atoms with van der Waals surface area (Å²) in [7, 11) is 0. The molecule has 0 saturated heterocycles. The molecule has 3 aliphatic rings. The molecule has 6 heteroatoms. The minimum absolute atomic E-state index is 0.185. The normalized spacial score (nSPS) is 28.8. The Morgan fingerprint density at radius 3 is 2.54 bits per heavy atom. The van der Waals surface area contributed by atoms with E-state index in [0.29, 0.717) is 30.5 Å². The summed E-state index contributed by atoms with van der Waals surface area (Å²) in [5, 5.41) is 12.8. The average Bonchev–Trinajstić information content (AvgIpc) is 3.20. The summed E-state index contributed by atoms with van der Waals surface area (Å²) >= 11 is 0. The van der Waals surface area contributed by atoms with Crippen molar-refractivity contribution in [1.82, 2.24) is 0 Å². The zero-order valence-electron chi connectivity index (χ0n) is 20.9. The summed E-state index contributed by atoms with van der Waals surface area (Å²) in [5.41, 5.74) is -1.60. The van der Waals surface area contributed by atoms with Crippen molar-refractivity contribution in [3.8, 4) is 5.75 Å². The third kappa shape index (κ3) is 3.87. The second-order valence-corrected chi connectivity index (χ2v) is 11.4. The van der Waals surface area contributed by atoms with E-state index >= 15 is 0 Å². The van der Waals surface area contributed by atoms with Crippen LogP contribution < -0.4 is 4.74 Å². The Hall–Kier alpha value is -2.86. The van der Waals surface area contributed by atoms with Crippen LogP contribution in [0.25, 0.3) is 10.8 Å². The molecule has 0 aromatic heterocycles. The van der Waals surface area contributed by atoms with Crippen molar-refractivity contribution in [2.75, 3.05) is 6.61 Å². The van der Waals surface area contributed by atoms with Crippen LogP contribution in [0, 0.1) is 17.3 Å². The third-order valence-corrected chi connectivity index (χ3v) is 9.55. The Morgan fingerprint density at radius 2 is 1.76 bits per heavy atom. The first-order valence-corrected chi connectivity index (χ1v) is 13.2. The number of carbonyl (C=O) groups excluding carboxylic acids is 1. The Balaban J connectivity index is 1.28. The minimum atomic E-state index is -4.91. The number of halogens is 3. The molecule has 194 valence electrons. The number of fused-ring (bicyclic) bond motifs is 6. The molecule has 1 N–H and O–H groups in total. The largest absolute Gasteiger partial charge is 0.490 e. The molecular weight excluding hydrogens is 477 g/mol. The van der Waals surface area contributed by atoms with Gasteiger partial charge in [-0.05, 0) is 89.5 Å². The number of hydrogen-bond acceptors (Lipinski definition) is 3. The van der Waals surface area contributed by atoms with Crippen molar-refractivity contribution in [2.45, 2.75) is 63.1 Å². The van der Waals surface area contributed by atoms with E-state index in [0.717, 1.165) is 47.6 Å². The topological polar surface area (TPSA) is 46.5 Å². The van der Waals surface area contributed by atoms with E-state index < -0.39 is 18.4 Å². The van der Waals surface area contributed by atoms with Gasteiger partial charge in [0.1, 0.15) is 18.1 Å². The SMILES string of the molecule is C[C@]12CC[C@@H]3c4ccc(C(O)(COc5ccc6ccccc6c5)C(F)(F)F)cc4CC[C@H]3[C@@H]1CCC2=O. The Kier molecular flexibility index (Phi) is 5.68. The summed E-state index contributed by atoms with van der Waals surface area (Å²) in [6.07, 6.45) is -0.103. The molecule has 2 fully saturated rings. The molecule has 3 aromatic rings. The van der Waals surface area contributed by atoms with Crippen LogP contribution in [0.1, 0.15) is 61.6 Å². The highest BCUT2D eigenvalue weighted by Crippen LogP contribution is 2.59. The van der Waals surface area contributed by atoms with E-state index in [4.69, 9.17) is 4.74 Å². The lowest BCUT2D eigenvalue weighted by molar-refractivity contribution is -0.275. The van der Waals surface area contributed by atoms with Gasteiger partial charge in [0, 0.05) is 11.8 Å². The molecule has 0 aliphatic heterocycles. The quantitative estimate of drug-likeness (QED) is 0.409. The average molecular weight is 509 g/mol. The maximum atomic E-state index is 14.3. The Morgan fingerprint density at radius 1 is 0.973 bits per heavy atom. The van der Waals surface area contributed by atoms with Crippen LogP contribution in [0.2, 0.25) is 0 Å². The standard InChI is InChI=1S/C31H31F3O3/c1-29-15-14-25-24-11-8-22(16-21(24)7-10-26(25)27(29)12-13-28(29)35)30(36,31(32,33)34)18-37-23-9-6-19-4-2-3-5-20(19)17-23/h2-6,8-9,11,16-17,25-27,36H,7,10,12-15,18H2,1H3/t25-,26-,27+,29+,30?/m1/s1. The van der Waals surface area contributed by atoms with E-state index in [1.807, 2.05) is 24.3 Å². The first-order valence-electron chi connectivity index (χ1n) is 13.2. The number of benzene rings is 3. The van der Waals surface area contributed by atoms with Crippen molar-refractivity contribution < 1.29 is 27.8 Å². The van der Waals surface area contributed by atoms with Crippen LogP contribution in [0.15, 0.2) is 60.7 Å². The molecule has 3 aliphatic carbocycles. The van der Waals surface area contributed by atoms with Crippen molar-refractivity contribution in [3.05, 3.63) is 77.4 Å². The minimum Gasteiger partial charge on any atom is -0.490 e. The molecule has 2 saturated carbocycles. The maximum Gasteiger partial charge on any atom is 0.424 e. The summed E-state index contributed by atoms with van der Waals surface area (Å²) in [6, 6.07) is 17.4.